The van der Waals surface area contributed by atoms with E-state index in [-0.39, 0.29) is 23.5 Å². The molecule has 0 saturated carbocycles. The summed E-state index contributed by atoms with van der Waals surface area (Å²) < 4.78 is 8.84. The van der Waals surface area contributed by atoms with E-state index in [4.69, 9.17) is 4.74 Å². The van der Waals surface area contributed by atoms with E-state index in [0.717, 1.165) is 49.2 Å². The highest BCUT2D eigenvalue weighted by molar-refractivity contribution is 5.96. The average molecular weight is 581 g/mol. The highest BCUT2D eigenvalue weighted by Crippen LogP contribution is 2.27. The summed E-state index contributed by atoms with van der Waals surface area (Å²) in [6.45, 7) is 9.49. The molecule has 0 aliphatic carbocycles. The second kappa shape index (κ2) is 13.6. The summed E-state index contributed by atoms with van der Waals surface area (Å²) >= 11 is 0. The van der Waals surface area contributed by atoms with Gasteiger partial charge in [-0.2, -0.15) is 10.2 Å². The number of aryl methyl sites for hydroxylation is 2. The summed E-state index contributed by atoms with van der Waals surface area (Å²) in [4.78, 5) is 42.3. The van der Waals surface area contributed by atoms with Crippen LogP contribution in [0.15, 0.2) is 36.8 Å². The molecule has 0 atom stereocenters. The van der Waals surface area contributed by atoms with Crippen LogP contribution in [0, 0.1) is 17.0 Å². The van der Waals surface area contributed by atoms with Crippen LogP contribution in [0.5, 0.6) is 0 Å². The Kier molecular flexibility index (Phi) is 9.92. The molecule has 226 valence electrons. The van der Waals surface area contributed by atoms with Crippen molar-refractivity contribution in [2.45, 2.75) is 84.4 Å². The fourth-order valence-electron chi connectivity index (χ4n) is 4.86. The summed E-state index contributed by atoms with van der Waals surface area (Å²) in [5.74, 6) is -0.555. The van der Waals surface area contributed by atoms with Crippen LogP contribution >= 0.6 is 0 Å². The molecule has 1 saturated heterocycles. The fourth-order valence-corrected chi connectivity index (χ4v) is 4.86. The lowest BCUT2D eigenvalue weighted by Crippen LogP contribution is -2.42. The molecule has 1 aliphatic rings. The number of nitro groups is 1. The number of piperidine rings is 1. The molecular formula is C29H40N8O5. The van der Waals surface area contributed by atoms with Crippen LogP contribution in [-0.4, -0.2) is 71.6 Å². The van der Waals surface area contributed by atoms with Gasteiger partial charge in [0.2, 0.25) is 5.69 Å². The minimum absolute atomic E-state index is 0.150. The lowest BCUT2D eigenvalue weighted by Gasteiger charge is -2.33. The molecule has 0 unspecified atom stereocenters. The molecule has 1 aliphatic heterocycles. The van der Waals surface area contributed by atoms with Gasteiger partial charge in [-0.3, -0.25) is 29.3 Å². The molecule has 3 aromatic rings. The second-order valence-electron chi connectivity index (χ2n) is 11.6. The van der Waals surface area contributed by atoms with Crippen molar-refractivity contribution in [2.24, 2.45) is 0 Å². The molecule has 1 N–H and O–H groups in total. The first-order valence-electron chi connectivity index (χ1n) is 14.5. The first kappa shape index (κ1) is 30.7. The van der Waals surface area contributed by atoms with Gasteiger partial charge in [0.1, 0.15) is 11.8 Å². The molecule has 0 spiro atoms. The van der Waals surface area contributed by atoms with Crippen molar-refractivity contribution < 1.29 is 19.2 Å². The van der Waals surface area contributed by atoms with Gasteiger partial charge in [-0.15, -0.1) is 0 Å². The smallest absolute Gasteiger partial charge is 0.410 e. The number of amides is 2. The first-order valence-corrected chi connectivity index (χ1v) is 14.5. The minimum Gasteiger partial charge on any atom is -0.444 e. The predicted octanol–water partition coefficient (Wildman–Crippen LogP) is 4.92. The number of carbonyl (C=O) groups is 2. The van der Waals surface area contributed by atoms with Crippen LogP contribution in [-0.2, 0) is 11.3 Å². The normalized spacial score (nSPS) is 14.1. The van der Waals surface area contributed by atoms with Crippen LogP contribution in [0.4, 0.5) is 10.5 Å². The number of nitrogens with zero attached hydrogens (tertiary/aromatic N) is 7. The van der Waals surface area contributed by atoms with E-state index in [2.05, 4.69) is 20.5 Å². The minimum atomic E-state index is -0.580. The van der Waals surface area contributed by atoms with Gasteiger partial charge >= 0.3 is 11.8 Å². The molecule has 0 bridgehead atoms. The summed E-state index contributed by atoms with van der Waals surface area (Å²) in [6.07, 6.45) is 9.44. The Morgan fingerprint density at radius 1 is 1.12 bits per heavy atom. The number of rotatable bonds is 11. The van der Waals surface area contributed by atoms with Gasteiger partial charge in [0, 0.05) is 43.6 Å². The van der Waals surface area contributed by atoms with E-state index in [1.54, 1.807) is 4.90 Å². The number of aromatic nitrogens is 5. The van der Waals surface area contributed by atoms with Gasteiger partial charge in [0.05, 0.1) is 22.9 Å². The van der Waals surface area contributed by atoms with Crippen LogP contribution in [0.1, 0.15) is 81.5 Å². The van der Waals surface area contributed by atoms with Crippen molar-refractivity contribution in [3.05, 3.63) is 58.3 Å². The zero-order valence-electron chi connectivity index (χ0n) is 24.8. The Labute approximate surface area is 245 Å². The lowest BCUT2D eigenvalue weighted by molar-refractivity contribution is -0.385. The first-order chi connectivity index (χ1) is 20.0. The van der Waals surface area contributed by atoms with Crippen molar-refractivity contribution in [3.63, 3.8) is 0 Å². The third kappa shape index (κ3) is 8.37. The van der Waals surface area contributed by atoms with Crippen molar-refractivity contribution in [2.75, 3.05) is 19.6 Å². The Hall–Kier alpha value is -4.29. The van der Waals surface area contributed by atoms with Crippen LogP contribution in [0.25, 0.3) is 11.3 Å². The summed E-state index contributed by atoms with van der Waals surface area (Å²) in [5.41, 5.74) is 1.78. The maximum Gasteiger partial charge on any atom is 0.410 e. The maximum absolute atomic E-state index is 12.8. The zero-order valence-corrected chi connectivity index (χ0v) is 24.8. The largest absolute Gasteiger partial charge is 0.444 e. The van der Waals surface area contributed by atoms with Crippen molar-refractivity contribution in [1.29, 1.82) is 0 Å². The molecule has 0 radical (unpaired) electrons. The third-order valence-corrected chi connectivity index (χ3v) is 7.03. The SMILES string of the molecule is Cc1cccc(-c2cnn(CCCCCCNC(=O)c3nn(C4CCN(C(=O)OC(C)(C)C)CC4)cc3[N+](=O)[O-])c2)n1. The van der Waals surface area contributed by atoms with Crippen LogP contribution in [0.3, 0.4) is 0 Å². The van der Waals surface area contributed by atoms with E-state index in [1.165, 1.54) is 10.9 Å². The Morgan fingerprint density at radius 2 is 1.86 bits per heavy atom. The van der Waals surface area contributed by atoms with E-state index in [9.17, 15) is 19.7 Å². The molecule has 1 fully saturated rings. The van der Waals surface area contributed by atoms with Gasteiger partial charge in [0.15, 0.2) is 0 Å². The monoisotopic (exact) mass is 580 g/mol. The number of hydrogen-bond acceptors (Lipinski definition) is 8. The van der Waals surface area contributed by atoms with E-state index in [0.29, 0.717) is 32.5 Å². The highest BCUT2D eigenvalue weighted by atomic mass is 16.6. The fraction of sp³-hybridized carbons (Fsp3) is 0.552. The molecular weight excluding hydrogens is 540 g/mol. The number of hydrogen-bond donors (Lipinski definition) is 1. The van der Waals surface area contributed by atoms with Gasteiger partial charge in [-0.05, 0) is 65.5 Å². The number of carbonyl (C=O) groups excluding carboxylic acids is 2. The van der Waals surface area contributed by atoms with Crippen LogP contribution in [0.2, 0.25) is 0 Å². The molecule has 3 aromatic heterocycles. The van der Waals surface area contributed by atoms with Gasteiger partial charge in [-0.25, -0.2) is 4.79 Å². The summed E-state index contributed by atoms with van der Waals surface area (Å²) in [5, 5.41) is 23.1. The number of ether oxygens (including phenoxy) is 1. The number of pyridine rings is 1. The highest BCUT2D eigenvalue weighted by Gasteiger charge is 2.31. The van der Waals surface area contributed by atoms with Crippen LogP contribution < -0.4 is 5.32 Å². The summed E-state index contributed by atoms with van der Waals surface area (Å²) in [7, 11) is 0. The van der Waals surface area contributed by atoms with E-state index < -0.39 is 16.4 Å². The molecule has 42 heavy (non-hydrogen) atoms. The zero-order chi connectivity index (χ0) is 30.3. The predicted molar refractivity (Wildman–Crippen MR) is 156 cm³/mol. The Morgan fingerprint density at radius 3 is 2.55 bits per heavy atom. The van der Waals surface area contributed by atoms with E-state index in [1.807, 2.05) is 63.0 Å². The molecule has 13 heteroatoms. The second-order valence-corrected chi connectivity index (χ2v) is 11.6. The van der Waals surface area contributed by atoms with Gasteiger partial charge in [-0.1, -0.05) is 18.9 Å². The lowest BCUT2D eigenvalue weighted by atomic mass is 10.1. The maximum atomic E-state index is 12.8. The van der Waals surface area contributed by atoms with E-state index >= 15 is 0 Å². The summed E-state index contributed by atoms with van der Waals surface area (Å²) in [6, 6.07) is 5.77. The molecule has 13 nitrogen and oxygen atoms in total. The molecule has 4 heterocycles. The molecule has 0 aromatic carbocycles. The third-order valence-electron chi connectivity index (χ3n) is 7.03. The average Bonchev–Trinajstić information content (AvgIpc) is 3.60. The topological polar surface area (TPSA) is 150 Å². The van der Waals surface area contributed by atoms with Crippen molar-refractivity contribution >= 4 is 17.7 Å². The number of unbranched alkanes of at least 4 members (excludes halogenated alkanes) is 3. The van der Waals surface area contributed by atoms with Gasteiger partial charge in [0.25, 0.3) is 5.91 Å². The number of likely N-dealkylation sites (tertiary alicyclic amines) is 1. The standard InChI is InChI=1S/C29H40N8O5/c1-21-10-9-11-24(32-21)22-18-31-35(19-22)15-8-6-5-7-14-30-27(38)26-25(37(40)41)20-36(33-26)23-12-16-34(17-13-23)28(39)42-29(2,3)4/h9-11,18-20,23H,5-8,12-17H2,1-4H3,(H,30,38). The van der Waals surface area contributed by atoms with Gasteiger partial charge < -0.3 is 15.0 Å². The Balaban J connectivity index is 1.19. The van der Waals surface area contributed by atoms with Crippen molar-refractivity contribution in [1.82, 2.24) is 34.8 Å². The molecule has 2 amide bonds. The number of nitrogens with one attached hydrogen (secondary N) is 1. The van der Waals surface area contributed by atoms with Crippen molar-refractivity contribution in [3.8, 4) is 11.3 Å². The molecule has 4 rings (SSSR count). The quantitative estimate of drug-likeness (QED) is 0.191. The Bertz CT molecular complexity index is 1380.